The van der Waals surface area contributed by atoms with Gasteiger partial charge in [-0.2, -0.15) is 0 Å². The molecule has 1 rings (SSSR count). The Morgan fingerprint density at radius 2 is 2.56 bits per heavy atom. The van der Waals surface area contributed by atoms with Crippen LogP contribution < -0.4 is 5.32 Å². The van der Waals surface area contributed by atoms with Crippen LogP contribution in [0.3, 0.4) is 0 Å². The van der Waals surface area contributed by atoms with Gasteiger partial charge >= 0.3 is 0 Å². The quantitative estimate of drug-likeness (QED) is 0.497. The van der Waals surface area contributed by atoms with Crippen LogP contribution in [0, 0.1) is 0 Å². The Morgan fingerprint density at radius 1 is 1.78 bits per heavy atom. The molecule has 3 nitrogen and oxygen atoms in total. The number of hydrogen-bond acceptors (Lipinski definition) is 3. The van der Waals surface area contributed by atoms with Gasteiger partial charge in [0.15, 0.2) is 0 Å². The van der Waals surface area contributed by atoms with Crippen molar-refractivity contribution in [1.82, 2.24) is 5.32 Å². The zero-order valence-corrected chi connectivity index (χ0v) is 5.63. The van der Waals surface area contributed by atoms with E-state index in [1.165, 1.54) is 0 Å². The number of morpholine rings is 1. The molecule has 0 bridgehead atoms. The van der Waals surface area contributed by atoms with E-state index >= 15 is 0 Å². The largest absolute Gasteiger partial charge is 0.394 e. The summed E-state index contributed by atoms with van der Waals surface area (Å²) in [5, 5.41) is 11.9. The number of nitrogens with one attached hydrogen (secondary N) is 1. The number of hydrogen-bond donors (Lipinski definition) is 2. The van der Waals surface area contributed by atoms with Crippen LogP contribution in [0.25, 0.3) is 0 Å². The Morgan fingerprint density at radius 3 is 3.00 bits per heavy atom. The topological polar surface area (TPSA) is 41.5 Å². The van der Waals surface area contributed by atoms with Gasteiger partial charge in [-0.15, -0.1) is 0 Å². The summed E-state index contributed by atoms with van der Waals surface area (Å²) in [7, 11) is 0. The molecule has 0 aromatic carbocycles. The van der Waals surface area contributed by atoms with E-state index in [1.807, 2.05) is 6.92 Å². The van der Waals surface area contributed by atoms with Gasteiger partial charge in [0.1, 0.15) is 0 Å². The lowest BCUT2D eigenvalue weighted by molar-refractivity contribution is -0.0302. The highest BCUT2D eigenvalue weighted by molar-refractivity contribution is 4.75. The summed E-state index contributed by atoms with van der Waals surface area (Å²) in [6.45, 7) is 3.75. The highest BCUT2D eigenvalue weighted by Crippen LogP contribution is 2.01. The lowest BCUT2D eigenvalue weighted by atomic mass is 10.2. The molecule has 1 fully saturated rings. The van der Waals surface area contributed by atoms with Crippen LogP contribution in [-0.4, -0.2) is 37.0 Å². The zero-order valence-electron chi connectivity index (χ0n) is 5.63. The van der Waals surface area contributed by atoms with Crippen LogP contribution in [-0.2, 0) is 4.74 Å². The number of rotatable bonds is 1. The maximum absolute atomic E-state index is 8.70. The van der Waals surface area contributed by atoms with Crippen molar-refractivity contribution in [3.05, 3.63) is 0 Å². The number of aliphatic hydroxyl groups excluding tert-OH is 1. The molecule has 2 N–H and O–H groups in total. The molecule has 0 spiro atoms. The molecular weight excluding hydrogens is 118 g/mol. The van der Waals surface area contributed by atoms with Gasteiger partial charge in [0.05, 0.1) is 19.3 Å². The van der Waals surface area contributed by atoms with E-state index in [4.69, 9.17) is 9.84 Å². The molecule has 0 aromatic heterocycles. The summed E-state index contributed by atoms with van der Waals surface area (Å²) >= 11 is 0. The van der Waals surface area contributed by atoms with Gasteiger partial charge in [-0.05, 0) is 6.92 Å². The molecule has 1 heterocycles. The minimum atomic E-state index is -0.00116. The van der Waals surface area contributed by atoms with Crippen molar-refractivity contribution in [3.8, 4) is 0 Å². The second kappa shape index (κ2) is 3.15. The predicted octanol–water partition coefficient (Wildman–Crippen LogP) is -0.644. The van der Waals surface area contributed by atoms with Crippen molar-refractivity contribution in [2.75, 3.05) is 19.8 Å². The second-order valence-corrected chi connectivity index (χ2v) is 2.33. The van der Waals surface area contributed by atoms with Crippen molar-refractivity contribution in [1.29, 1.82) is 0 Å². The van der Waals surface area contributed by atoms with E-state index in [1.54, 1.807) is 0 Å². The molecule has 2 atom stereocenters. The van der Waals surface area contributed by atoms with Crippen molar-refractivity contribution in [2.45, 2.75) is 19.1 Å². The Hall–Kier alpha value is -0.120. The van der Waals surface area contributed by atoms with Gasteiger partial charge in [-0.1, -0.05) is 0 Å². The van der Waals surface area contributed by atoms with Gasteiger partial charge in [0.2, 0.25) is 0 Å². The van der Waals surface area contributed by atoms with Crippen LogP contribution in [0.1, 0.15) is 6.92 Å². The summed E-state index contributed by atoms with van der Waals surface area (Å²) in [5.41, 5.74) is 0. The van der Waals surface area contributed by atoms with Gasteiger partial charge < -0.3 is 15.2 Å². The molecule has 0 aliphatic carbocycles. The highest BCUT2D eigenvalue weighted by atomic mass is 16.5. The fourth-order valence-electron chi connectivity index (χ4n) is 0.983. The third kappa shape index (κ3) is 1.64. The molecule has 0 amide bonds. The molecule has 1 aliphatic rings. The third-order valence-corrected chi connectivity index (χ3v) is 1.64. The lowest BCUT2D eigenvalue weighted by Crippen LogP contribution is -2.48. The highest BCUT2D eigenvalue weighted by Gasteiger charge is 2.19. The molecule has 1 aliphatic heterocycles. The Balaban J connectivity index is 2.30. The smallest absolute Gasteiger partial charge is 0.0956 e. The average molecular weight is 131 g/mol. The van der Waals surface area contributed by atoms with Crippen molar-refractivity contribution < 1.29 is 9.84 Å². The van der Waals surface area contributed by atoms with E-state index in [-0.39, 0.29) is 12.7 Å². The van der Waals surface area contributed by atoms with Gasteiger partial charge in [-0.3, -0.25) is 0 Å². The Labute approximate surface area is 55.0 Å². The van der Waals surface area contributed by atoms with Crippen LogP contribution in [0.4, 0.5) is 0 Å². The van der Waals surface area contributed by atoms with E-state index in [0.29, 0.717) is 6.04 Å². The normalized spacial score (nSPS) is 36.7. The summed E-state index contributed by atoms with van der Waals surface area (Å²) in [6.07, 6.45) is -0.00116. The fraction of sp³-hybridized carbons (Fsp3) is 1.00. The first-order valence-corrected chi connectivity index (χ1v) is 3.30. The van der Waals surface area contributed by atoms with Gasteiger partial charge in [0, 0.05) is 12.6 Å². The van der Waals surface area contributed by atoms with Crippen LogP contribution in [0.15, 0.2) is 0 Å². The predicted molar refractivity (Wildman–Crippen MR) is 34.3 cm³/mol. The van der Waals surface area contributed by atoms with Crippen LogP contribution >= 0.6 is 0 Å². The molecule has 0 radical (unpaired) electrons. The van der Waals surface area contributed by atoms with E-state index in [2.05, 4.69) is 5.32 Å². The molecule has 9 heavy (non-hydrogen) atoms. The SMILES string of the molecule is CC1NCCOC1CO. The van der Waals surface area contributed by atoms with Crippen molar-refractivity contribution in [3.63, 3.8) is 0 Å². The lowest BCUT2D eigenvalue weighted by Gasteiger charge is -2.28. The van der Waals surface area contributed by atoms with E-state index in [9.17, 15) is 0 Å². The maximum Gasteiger partial charge on any atom is 0.0956 e. The molecule has 0 aromatic rings. The maximum atomic E-state index is 8.70. The fourth-order valence-corrected chi connectivity index (χ4v) is 0.983. The third-order valence-electron chi connectivity index (χ3n) is 1.64. The van der Waals surface area contributed by atoms with Gasteiger partial charge in [0.25, 0.3) is 0 Å². The first kappa shape index (κ1) is 6.99. The molecular formula is C6H13NO2. The second-order valence-electron chi connectivity index (χ2n) is 2.33. The minimum absolute atomic E-state index is 0.00116. The zero-order chi connectivity index (χ0) is 6.69. The summed E-state index contributed by atoms with van der Waals surface area (Å²) in [6, 6.07) is 0.295. The molecule has 1 saturated heterocycles. The molecule has 54 valence electrons. The average Bonchev–Trinajstić information content (AvgIpc) is 1.89. The molecule has 0 saturated carbocycles. The minimum Gasteiger partial charge on any atom is -0.394 e. The van der Waals surface area contributed by atoms with Crippen LogP contribution in [0.5, 0.6) is 0 Å². The van der Waals surface area contributed by atoms with Gasteiger partial charge in [-0.25, -0.2) is 0 Å². The van der Waals surface area contributed by atoms with E-state index in [0.717, 1.165) is 13.2 Å². The van der Waals surface area contributed by atoms with Crippen LogP contribution in [0.2, 0.25) is 0 Å². The number of aliphatic hydroxyl groups is 1. The Bertz CT molecular complexity index is 87.1. The molecule has 3 heteroatoms. The summed E-state index contributed by atoms with van der Waals surface area (Å²) in [5.74, 6) is 0. The first-order chi connectivity index (χ1) is 4.34. The summed E-state index contributed by atoms with van der Waals surface area (Å²) in [4.78, 5) is 0. The monoisotopic (exact) mass is 131 g/mol. The van der Waals surface area contributed by atoms with Crippen molar-refractivity contribution in [2.24, 2.45) is 0 Å². The van der Waals surface area contributed by atoms with Crippen molar-refractivity contribution >= 4 is 0 Å². The standard InChI is InChI=1S/C6H13NO2/c1-5-6(4-8)9-3-2-7-5/h5-8H,2-4H2,1H3. The Kier molecular flexibility index (Phi) is 2.45. The molecule has 2 unspecified atom stereocenters. The van der Waals surface area contributed by atoms with E-state index < -0.39 is 0 Å². The summed E-state index contributed by atoms with van der Waals surface area (Å²) < 4.78 is 5.23. The first-order valence-electron chi connectivity index (χ1n) is 3.30. The number of ether oxygens (including phenoxy) is 1.